The van der Waals surface area contributed by atoms with Crippen molar-refractivity contribution in [3.8, 4) is 0 Å². The van der Waals surface area contributed by atoms with Crippen LogP contribution in [0.15, 0.2) is 12.4 Å². The highest BCUT2D eigenvalue weighted by molar-refractivity contribution is 5.82. The highest BCUT2D eigenvalue weighted by atomic mass is 16.5. The molecule has 1 fully saturated rings. The fraction of sp³-hybridized carbons (Fsp3) is 0.583. The molecule has 1 aliphatic heterocycles. The van der Waals surface area contributed by atoms with E-state index in [1.807, 2.05) is 6.92 Å². The first-order valence-corrected chi connectivity index (χ1v) is 6.00. The minimum absolute atomic E-state index is 0.0167. The Hall–Kier alpha value is -1.53. The van der Waals surface area contributed by atoms with Gasteiger partial charge in [-0.25, -0.2) is 0 Å². The molecule has 1 aromatic heterocycles. The standard InChI is InChI=1S/C12H18N4O2/c1-8-4-14-9(5-13-8)6-16-12(17)11-3-10(18-2)7-15-11/h4-5,10-11,15H,3,6-7H2,1-2H3,(H,16,17). The molecule has 0 saturated carbocycles. The molecular weight excluding hydrogens is 232 g/mol. The van der Waals surface area contributed by atoms with E-state index in [1.165, 1.54) is 0 Å². The molecule has 6 heteroatoms. The van der Waals surface area contributed by atoms with Crippen LogP contribution in [-0.2, 0) is 16.1 Å². The summed E-state index contributed by atoms with van der Waals surface area (Å²) in [5.74, 6) is -0.0167. The van der Waals surface area contributed by atoms with Gasteiger partial charge >= 0.3 is 0 Å². The van der Waals surface area contributed by atoms with E-state index in [9.17, 15) is 4.79 Å². The Morgan fingerprint density at radius 2 is 2.39 bits per heavy atom. The zero-order chi connectivity index (χ0) is 13.0. The number of rotatable bonds is 4. The maximum absolute atomic E-state index is 11.9. The summed E-state index contributed by atoms with van der Waals surface area (Å²) in [6, 6.07) is -0.173. The quantitative estimate of drug-likeness (QED) is 0.772. The molecule has 0 aliphatic carbocycles. The molecule has 18 heavy (non-hydrogen) atoms. The summed E-state index contributed by atoms with van der Waals surface area (Å²) in [4.78, 5) is 20.2. The second kappa shape index (κ2) is 5.88. The number of aryl methyl sites for hydroxylation is 1. The van der Waals surface area contributed by atoms with E-state index in [2.05, 4.69) is 20.6 Å². The second-order valence-electron chi connectivity index (χ2n) is 4.42. The van der Waals surface area contributed by atoms with Crippen molar-refractivity contribution in [1.82, 2.24) is 20.6 Å². The summed E-state index contributed by atoms with van der Waals surface area (Å²) >= 11 is 0. The Labute approximate surface area is 106 Å². The Morgan fingerprint density at radius 3 is 3.00 bits per heavy atom. The van der Waals surface area contributed by atoms with E-state index in [1.54, 1.807) is 19.5 Å². The van der Waals surface area contributed by atoms with Crippen molar-refractivity contribution in [1.29, 1.82) is 0 Å². The van der Waals surface area contributed by atoms with Gasteiger partial charge in [-0.1, -0.05) is 0 Å². The third-order valence-corrected chi connectivity index (χ3v) is 3.02. The molecule has 2 atom stereocenters. The van der Waals surface area contributed by atoms with Gasteiger partial charge in [0.2, 0.25) is 5.91 Å². The number of aromatic nitrogens is 2. The highest BCUT2D eigenvalue weighted by Gasteiger charge is 2.28. The van der Waals surface area contributed by atoms with Crippen LogP contribution in [0.2, 0.25) is 0 Å². The summed E-state index contributed by atoms with van der Waals surface area (Å²) in [7, 11) is 1.66. The summed E-state index contributed by atoms with van der Waals surface area (Å²) in [5.41, 5.74) is 1.63. The van der Waals surface area contributed by atoms with Crippen LogP contribution in [0.25, 0.3) is 0 Å². The molecule has 1 aromatic rings. The van der Waals surface area contributed by atoms with E-state index in [0.717, 1.165) is 17.9 Å². The summed E-state index contributed by atoms with van der Waals surface area (Å²) in [6.07, 6.45) is 4.20. The SMILES string of the molecule is COC1CNC(C(=O)NCc2cnc(C)cn2)C1. The van der Waals surface area contributed by atoms with Gasteiger partial charge in [-0.2, -0.15) is 0 Å². The molecule has 2 unspecified atom stereocenters. The number of methoxy groups -OCH3 is 1. The Balaban J connectivity index is 1.80. The second-order valence-corrected chi connectivity index (χ2v) is 4.42. The van der Waals surface area contributed by atoms with E-state index in [4.69, 9.17) is 4.74 Å². The van der Waals surface area contributed by atoms with Crippen LogP contribution in [0.3, 0.4) is 0 Å². The van der Waals surface area contributed by atoms with Crippen LogP contribution in [0.1, 0.15) is 17.8 Å². The molecular formula is C12H18N4O2. The van der Waals surface area contributed by atoms with Crippen molar-refractivity contribution < 1.29 is 9.53 Å². The van der Waals surface area contributed by atoms with Crippen molar-refractivity contribution in [2.24, 2.45) is 0 Å². The number of ether oxygens (including phenoxy) is 1. The summed E-state index contributed by atoms with van der Waals surface area (Å²) in [6.45, 7) is 3.00. The third kappa shape index (κ3) is 3.24. The van der Waals surface area contributed by atoms with E-state index >= 15 is 0 Å². The van der Waals surface area contributed by atoms with Gasteiger partial charge in [0.15, 0.2) is 0 Å². The van der Waals surface area contributed by atoms with Gasteiger partial charge in [0.05, 0.1) is 36.3 Å². The van der Waals surface area contributed by atoms with E-state index in [0.29, 0.717) is 13.0 Å². The molecule has 0 bridgehead atoms. The topological polar surface area (TPSA) is 76.1 Å². The van der Waals surface area contributed by atoms with Gasteiger partial charge in [0.25, 0.3) is 0 Å². The summed E-state index contributed by atoms with van der Waals surface area (Å²) < 4.78 is 5.20. The van der Waals surface area contributed by atoms with Crippen molar-refractivity contribution in [2.75, 3.05) is 13.7 Å². The average Bonchev–Trinajstić information content (AvgIpc) is 2.86. The van der Waals surface area contributed by atoms with Crippen molar-refractivity contribution in [2.45, 2.75) is 32.0 Å². The zero-order valence-electron chi connectivity index (χ0n) is 10.6. The number of hydrogen-bond acceptors (Lipinski definition) is 5. The number of carbonyl (C=O) groups excluding carboxylic acids is 1. The molecule has 0 aromatic carbocycles. The number of nitrogens with zero attached hydrogens (tertiary/aromatic N) is 2. The van der Waals surface area contributed by atoms with E-state index < -0.39 is 0 Å². The van der Waals surface area contributed by atoms with Gasteiger partial charge in [-0.05, 0) is 13.3 Å². The molecule has 1 amide bonds. The zero-order valence-corrected chi connectivity index (χ0v) is 10.6. The lowest BCUT2D eigenvalue weighted by Gasteiger charge is -2.10. The van der Waals surface area contributed by atoms with Gasteiger partial charge in [0.1, 0.15) is 0 Å². The fourth-order valence-electron chi connectivity index (χ4n) is 1.89. The fourth-order valence-corrected chi connectivity index (χ4v) is 1.89. The highest BCUT2D eigenvalue weighted by Crippen LogP contribution is 2.09. The molecule has 2 rings (SSSR count). The average molecular weight is 250 g/mol. The lowest BCUT2D eigenvalue weighted by atomic mass is 10.2. The molecule has 2 N–H and O–H groups in total. The van der Waals surface area contributed by atoms with Crippen LogP contribution in [0.5, 0.6) is 0 Å². The first-order chi connectivity index (χ1) is 8.69. The van der Waals surface area contributed by atoms with Crippen LogP contribution >= 0.6 is 0 Å². The largest absolute Gasteiger partial charge is 0.380 e. The van der Waals surface area contributed by atoms with Crippen molar-refractivity contribution in [3.05, 3.63) is 23.8 Å². The lowest BCUT2D eigenvalue weighted by Crippen LogP contribution is -2.40. The molecule has 1 saturated heterocycles. The lowest BCUT2D eigenvalue weighted by molar-refractivity contribution is -0.123. The van der Waals surface area contributed by atoms with Crippen LogP contribution in [-0.4, -0.2) is 41.7 Å². The molecule has 0 spiro atoms. The monoisotopic (exact) mass is 250 g/mol. The maximum atomic E-state index is 11.9. The molecule has 6 nitrogen and oxygen atoms in total. The number of hydrogen-bond donors (Lipinski definition) is 2. The van der Waals surface area contributed by atoms with Crippen LogP contribution in [0.4, 0.5) is 0 Å². The molecule has 2 heterocycles. The Kier molecular flexibility index (Phi) is 4.22. The molecule has 1 aliphatic rings. The number of carbonyl (C=O) groups is 1. The van der Waals surface area contributed by atoms with Gasteiger partial charge in [-0.15, -0.1) is 0 Å². The molecule has 98 valence electrons. The maximum Gasteiger partial charge on any atom is 0.237 e. The van der Waals surface area contributed by atoms with E-state index in [-0.39, 0.29) is 18.1 Å². The van der Waals surface area contributed by atoms with Crippen molar-refractivity contribution >= 4 is 5.91 Å². The predicted octanol–water partition coefficient (Wildman–Crippen LogP) is -0.222. The van der Waals surface area contributed by atoms with Crippen LogP contribution < -0.4 is 10.6 Å². The van der Waals surface area contributed by atoms with Gasteiger partial charge < -0.3 is 15.4 Å². The summed E-state index contributed by atoms with van der Waals surface area (Å²) in [5, 5.41) is 5.98. The first kappa shape index (κ1) is 12.9. The normalized spacial score (nSPS) is 23.0. The van der Waals surface area contributed by atoms with Gasteiger partial charge in [-0.3, -0.25) is 14.8 Å². The minimum Gasteiger partial charge on any atom is -0.380 e. The first-order valence-electron chi connectivity index (χ1n) is 6.00. The van der Waals surface area contributed by atoms with Gasteiger partial charge in [0, 0.05) is 19.9 Å². The number of amides is 1. The minimum atomic E-state index is -0.173. The molecule has 0 radical (unpaired) electrons. The number of nitrogens with one attached hydrogen (secondary N) is 2. The van der Waals surface area contributed by atoms with Crippen molar-refractivity contribution in [3.63, 3.8) is 0 Å². The Morgan fingerprint density at radius 1 is 1.56 bits per heavy atom. The predicted molar refractivity (Wildman–Crippen MR) is 65.8 cm³/mol. The third-order valence-electron chi connectivity index (χ3n) is 3.02. The van der Waals surface area contributed by atoms with Crippen LogP contribution in [0, 0.1) is 6.92 Å². The smallest absolute Gasteiger partial charge is 0.237 e. The Bertz CT molecular complexity index is 407.